The molecule has 0 aromatic heterocycles. The Kier molecular flexibility index (Phi) is 4.72. The van der Waals surface area contributed by atoms with Gasteiger partial charge in [0.2, 0.25) is 5.82 Å². The Hall–Kier alpha value is -2.38. The fraction of sp³-hybridized carbons (Fsp3) is 0.533. The van der Waals surface area contributed by atoms with E-state index in [1.807, 2.05) is 0 Å². The molecule has 1 heterocycles. The predicted octanol–water partition coefficient (Wildman–Crippen LogP) is 3.12. The molecule has 0 radical (unpaired) electrons. The number of hydrogen-bond acceptors (Lipinski definition) is 5. The Balaban J connectivity index is 1.94. The van der Waals surface area contributed by atoms with Crippen LogP contribution >= 0.6 is 0 Å². The summed E-state index contributed by atoms with van der Waals surface area (Å²) in [6.07, 6.45) is -0.139. The topological polar surface area (TPSA) is 81.9 Å². The molecule has 0 saturated carbocycles. The second-order valence-corrected chi connectivity index (χ2v) is 6.33. The molecular weight excluding hydrogens is 307 g/mol. The Morgan fingerprint density at radius 1 is 1.43 bits per heavy atom. The molecule has 1 aromatic rings. The van der Waals surface area contributed by atoms with Crippen LogP contribution in [0.1, 0.15) is 27.2 Å². The Morgan fingerprint density at radius 3 is 2.70 bits per heavy atom. The molecule has 1 atom stereocenters. The van der Waals surface area contributed by atoms with Gasteiger partial charge in [0.05, 0.1) is 11.5 Å². The van der Waals surface area contributed by atoms with E-state index in [1.165, 1.54) is 11.0 Å². The van der Waals surface area contributed by atoms with Gasteiger partial charge in [0.1, 0.15) is 17.5 Å². The molecule has 1 fully saturated rings. The highest BCUT2D eigenvalue weighted by molar-refractivity contribution is 5.68. The number of carbonyl (C=O) groups is 1. The van der Waals surface area contributed by atoms with Crippen molar-refractivity contribution in [1.82, 2.24) is 4.90 Å². The molecule has 1 amide bonds. The number of nitro groups is 1. The van der Waals surface area contributed by atoms with Crippen molar-refractivity contribution in [2.75, 3.05) is 13.1 Å². The number of nitrogens with zero attached hydrogens (tertiary/aromatic N) is 2. The van der Waals surface area contributed by atoms with Gasteiger partial charge in [0, 0.05) is 25.1 Å². The normalized spacial score (nSPS) is 17.9. The number of likely N-dealkylation sites (tertiary alicyclic amines) is 1. The number of carbonyl (C=O) groups excluding carboxylic acids is 1. The molecule has 2 rings (SSSR count). The lowest BCUT2D eigenvalue weighted by Crippen LogP contribution is -2.36. The standard InChI is InChI=1S/C15H19FN2O5/c1-15(2,3)23-14(19)17-7-6-11(9-17)22-10-4-5-13(18(20)21)12(16)8-10/h4-5,8,11H,6-7,9H2,1-3H3. The van der Waals surface area contributed by atoms with Crippen molar-refractivity contribution in [3.63, 3.8) is 0 Å². The van der Waals surface area contributed by atoms with E-state index in [-0.39, 0.29) is 11.9 Å². The van der Waals surface area contributed by atoms with Gasteiger partial charge in [-0.2, -0.15) is 4.39 Å². The molecule has 8 heteroatoms. The number of amides is 1. The van der Waals surface area contributed by atoms with E-state index in [0.29, 0.717) is 19.5 Å². The highest BCUT2D eigenvalue weighted by Crippen LogP contribution is 2.25. The predicted molar refractivity (Wildman–Crippen MR) is 79.9 cm³/mol. The first-order valence-corrected chi connectivity index (χ1v) is 7.24. The zero-order valence-electron chi connectivity index (χ0n) is 13.2. The zero-order chi connectivity index (χ0) is 17.2. The Bertz CT molecular complexity index is 614. The molecule has 0 bridgehead atoms. The van der Waals surface area contributed by atoms with Crippen molar-refractivity contribution in [2.24, 2.45) is 0 Å². The molecule has 23 heavy (non-hydrogen) atoms. The summed E-state index contributed by atoms with van der Waals surface area (Å²) in [5.74, 6) is -0.751. The Labute approximate surface area is 133 Å². The number of ether oxygens (including phenoxy) is 2. The van der Waals surface area contributed by atoms with E-state index in [9.17, 15) is 19.3 Å². The average Bonchev–Trinajstić information content (AvgIpc) is 2.85. The molecule has 0 spiro atoms. The second kappa shape index (κ2) is 6.39. The highest BCUT2D eigenvalue weighted by atomic mass is 19.1. The summed E-state index contributed by atoms with van der Waals surface area (Å²) in [5, 5.41) is 10.6. The van der Waals surface area contributed by atoms with Gasteiger partial charge in [-0.25, -0.2) is 4.79 Å². The summed E-state index contributed by atoms with van der Waals surface area (Å²) in [6.45, 7) is 6.17. The van der Waals surface area contributed by atoms with E-state index in [2.05, 4.69) is 0 Å². The first kappa shape index (κ1) is 17.0. The van der Waals surface area contributed by atoms with Crippen LogP contribution < -0.4 is 4.74 Å². The zero-order valence-corrected chi connectivity index (χ0v) is 13.2. The van der Waals surface area contributed by atoms with E-state index >= 15 is 0 Å². The summed E-state index contributed by atoms with van der Waals surface area (Å²) < 4.78 is 24.4. The quantitative estimate of drug-likeness (QED) is 0.629. The van der Waals surface area contributed by atoms with Crippen LogP contribution in [-0.4, -0.2) is 40.7 Å². The fourth-order valence-corrected chi connectivity index (χ4v) is 2.22. The SMILES string of the molecule is CC(C)(C)OC(=O)N1CCC(Oc2ccc([N+](=O)[O-])c(F)c2)C1. The van der Waals surface area contributed by atoms with Crippen LogP contribution in [0.3, 0.4) is 0 Å². The molecule has 1 aromatic carbocycles. The van der Waals surface area contributed by atoms with Crippen LogP contribution in [-0.2, 0) is 4.74 Å². The maximum Gasteiger partial charge on any atom is 0.410 e. The van der Waals surface area contributed by atoms with Crippen molar-refractivity contribution in [1.29, 1.82) is 0 Å². The third-order valence-electron chi connectivity index (χ3n) is 3.22. The van der Waals surface area contributed by atoms with Crippen molar-refractivity contribution >= 4 is 11.8 Å². The lowest BCUT2D eigenvalue weighted by molar-refractivity contribution is -0.387. The van der Waals surface area contributed by atoms with Gasteiger partial charge in [-0.3, -0.25) is 10.1 Å². The molecule has 7 nitrogen and oxygen atoms in total. The summed E-state index contributed by atoms with van der Waals surface area (Å²) in [5.41, 5.74) is -1.17. The number of nitro benzene ring substituents is 1. The molecule has 1 aliphatic rings. The molecule has 1 saturated heterocycles. The van der Waals surface area contributed by atoms with Gasteiger partial charge in [-0.05, 0) is 26.8 Å². The first-order chi connectivity index (χ1) is 10.7. The Morgan fingerprint density at radius 2 is 2.13 bits per heavy atom. The van der Waals surface area contributed by atoms with Crippen molar-refractivity contribution < 1.29 is 23.6 Å². The van der Waals surface area contributed by atoms with Crippen molar-refractivity contribution in [3.05, 3.63) is 34.1 Å². The van der Waals surface area contributed by atoms with Crippen molar-refractivity contribution in [2.45, 2.75) is 38.9 Å². The minimum atomic E-state index is -0.950. The number of benzene rings is 1. The van der Waals surface area contributed by atoms with Crippen LogP contribution in [0.25, 0.3) is 0 Å². The number of halogens is 1. The van der Waals surface area contributed by atoms with Gasteiger partial charge >= 0.3 is 11.8 Å². The van der Waals surface area contributed by atoms with E-state index in [4.69, 9.17) is 9.47 Å². The van der Waals surface area contributed by atoms with Crippen LogP contribution in [0.15, 0.2) is 18.2 Å². The molecule has 1 aliphatic heterocycles. The molecular formula is C15H19FN2O5. The summed E-state index contributed by atoms with van der Waals surface area (Å²) in [6, 6.07) is 3.39. The minimum Gasteiger partial charge on any atom is -0.488 e. The minimum absolute atomic E-state index is 0.198. The van der Waals surface area contributed by atoms with Gasteiger partial charge in [0.25, 0.3) is 0 Å². The van der Waals surface area contributed by atoms with E-state index in [0.717, 1.165) is 12.1 Å². The molecule has 126 valence electrons. The van der Waals surface area contributed by atoms with Gasteiger partial charge < -0.3 is 14.4 Å². The fourth-order valence-electron chi connectivity index (χ4n) is 2.22. The second-order valence-electron chi connectivity index (χ2n) is 6.33. The number of hydrogen-bond donors (Lipinski definition) is 0. The third-order valence-corrected chi connectivity index (χ3v) is 3.22. The highest BCUT2D eigenvalue weighted by Gasteiger charge is 2.31. The van der Waals surface area contributed by atoms with Crippen molar-refractivity contribution in [3.8, 4) is 5.75 Å². The van der Waals surface area contributed by atoms with Crippen LogP contribution in [0.2, 0.25) is 0 Å². The van der Waals surface area contributed by atoms with E-state index in [1.54, 1.807) is 20.8 Å². The maximum absolute atomic E-state index is 13.6. The van der Waals surface area contributed by atoms with Gasteiger partial charge in [0.15, 0.2) is 0 Å². The summed E-state index contributed by atoms with van der Waals surface area (Å²) >= 11 is 0. The van der Waals surface area contributed by atoms with Crippen LogP contribution in [0, 0.1) is 15.9 Å². The van der Waals surface area contributed by atoms with Gasteiger partial charge in [-0.1, -0.05) is 0 Å². The molecule has 0 aliphatic carbocycles. The van der Waals surface area contributed by atoms with E-state index < -0.39 is 28.1 Å². The monoisotopic (exact) mass is 326 g/mol. The molecule has 0 N–H and O–H groups in total. The summed E-state index contributed by atoms with van der Waals surface area (Å²) in [4.78, 5) is 23.3. The lowest BCUT2D eigenvalue weighted by Gasteiger charge is -2.24. The first-order valence-electron chi connectivity index (χ1n) is 7.24. The molecule has 1 unspecified atom stereocenters. The van der Waals surface area contributed by atoms with Gasteiger partial charge in [-0.15, -0.1) is 0 Å². The van der Waals surface area contributed by atoms with Crippen LogP contribution in [0.4, 0.5) is 14.9 Å². The number of rotatable bonds is 3. The smallest absolute Gasteiger partial charge is 0.410 e. The third kappa shape index (κ3) is 4.54. The summed E-state index contributed by atoms with van der Waals surface area (Å²) in [7, 11) is 0. The average molecular weight is 326 g/mol. The van der Waals surface area contributed by atoms with Crippen LogP contribution in [0.5, 0.6) is 5.75 Å². The maximum atomic E-state index is 13.6. The lowest BCUT2D eigenvalue weighted by atomic mass is 10.2. The largest absolute Gasteiger partial charge is 0.488 e.